The summed E-state index contributed by atoms with van der Waals surface area (Å²) < 4.78 is 24.7. The summed E-state index contributed by atoms with van der Waals surface area (Å²) >= 11 is 0. The standard InChI is InChI=1S/C37H64O6/c1-9-16-34(6,7)43-33(39)37-21-30-18-31(22-37)20-36(19-30,25-37)32(38)42-27(5)41-24-29-14-12-28(13-15-29)23-40-26(4)35(8,11-3)17-10-2/h26-31H,9-25H2,1-8H3. The van der Waals surface area contributed by atoms with Crippen molar-refractivity contribution in [3.63, 3.8) is 0 Å². The maximum Gasteiger partial charge on any atom is 0.314 e. The molecule has 0 heterocycles. The van der Waals surface area contributed by atoms with Gasteiger partial charge in [-0.05, 0) is 140 Å². The Morgan fingerprint density at radius 3 is 1.79 bits per heavy atom. The Morgan fingerprint density at radius 1 is 0.767 bits per heavy atom. The van der Waals surface area contributed by atoms with Crippen molar-refractivity contribution in [1.82, 2.24) is 0 Å². The minimum Gasteiger partial charge on any atom is -0.459 e. The first-order valence-corrected chi connectivity index (χ1v) is 18.0. The summed E-state index contributed by atoms with van der Waals surface area (Å²) in [5, 5.41) is 0. The predicted octanol–water partition coefficient (Wildman–Crippen LogP) is 9.03. The number of ether oxygens (including phenoxy) is 4. The molecule has 0 aromatic carbocycles. The third kappa shape index (κ3) is 8.18. The summed E-state index contributed by atoms with van der Waals surface area (Å²) in [5.74, 6) is 1.68. The molecule has 5 rings (SSSR count). The van der Waals surface area contributed by atoms with Gasteiger partial charge in [0.05, 0.1) is 23.5 Å². The molecule has 0 amide bonds. The molecule has 5 atom stereocenters. The summed E-state index contributed by atoms with van der Waals surface area (Å²) in [5.41, 5.74) is -1.32. The van der Waals surface area contributed by atoms with Crippen LogP contribution in [0.15, 0.2) is 0 Å². The molecule has 5 saturated carbocycles. The van der Waals surface area contributed by atoms with Crippen molar-refractivity contribution in [2.24, 2.45) is 39.9 Å². The molecule has 0 N–H and O–H groups in total. The van der Waals surface area contributed by atoms with Crippen LogP contribution in [0.1, 0.15) is 152 Å². The molecule has 0 aliphatic heterocycles. The highest BCUT2D eigenvalue weighted by atomic mass is 16.7. The lowest BCUT2D eigenvalue weighted by atomic mass is 9.44. The molecule has 5 fully saturated rings. The van der Waals surface area contributed by atoms with E-state index in [1.165, 1.54) is 25.7 Å². The summed E-state index contributed by atoms with van der Waals surface area (Å²) in [6.45, 7) is 18.7. The van der Waals surface area contributed by atoms with E-state index < -0.39 is 22.7 Å². The number of carbonyl (C=O) groups excluding carboxylic acids is 2. The van der Waals surface area contributed by atoms with Crippen LogP contribution in [0.4, 0.5) is 0 Å². The molecule has 5 aliphatic carbocycles. The molecular weight excluding hydrogens is 540 g/mol. The van der Waals surface area contributed by atoms with E-state index in [1.54, 1.807) is 0 Å². The van der Waals surface area contributed by atoms with Crippen LogP contribution in [0.25, 0.3) is 0 Å². The molecule has 4 bridgehead atoms. The Hall–Kier alpha value is -1.14. The zero-order valence-corrected chi connectivity index (χ0v) is 28.9. The summed E-state index contributed by atoms with van der Waals surface area (Å²) in [6, 6.07) is 0. The molecule has 5 unspecified atom stereocenters. The molecule has 0 aromatic heterocycles. The van der Waals surface area contributed by atoms with Crippen LogP contribution in [0.5, 0.6) is 0 Å². The smallest absolute Gasteiger partial charge is 0.314 e. The lowest BCUT2D eigenvalue weighted by molar-refractivity contribution is -0.215. The van der Waals surface area contributed by atoms with Crippen LogP contribution in [0.2, 0.25) is 0 Å². The van der Waals surface area contributed by atoms with E-state index in [0.29, 0.717) is 36.7 Å². The van der Waals surface area contributed by atoms with Gasteiger partial charge in [-0.3, -0.25) is 9.59 Å². The number of hydrogen-bond acceptors (Lipinski definition) is 6. The van der Waals surface area contributed by atoms with Gasteiger partial charge in [0.15, 0.2) is 6.29 Å². The number of hydrogen-bond donors (Lipinski definition) is 0. The Balaban J connectivity index is 1.23. The van der Waals surface area contributed by atoms with Crippen LogP contribution in [0.3, 0.4) is 0 Å². The van der Waals surface area contributed by atoms with E-state index >= 15 is 0 Å². The van der Waals surface area contributed by atoms with Crippen LogP contribution in [0, 0.1) is 39.9 Å². The Bertz CT molecular complexity index is 921. The zero-order chi connectivity index (χ0) is 31.5. The Morgan fingerprint density at radius 2 is 1.28 bits per heavy atom. The Kier molecular flexibility index (Phi) is 11.4. The van der Waals surface area contributed by atoms with Crippen molar-refractivity contribution in [2.75, 3.05) is 13.2 Å². The maximum absolute atomic E-state index is 13.7. The molecule has 0 aromatic rings. The topological polar surface area (TPSA) is 71.1 Å². The average molecular weight is 605 g/mol. The zero-order valence-electron chi connectivity index (χ0n) is 28.9. The SMILES string of the molecule is CCCC(C)(C)OC(=O)C12CC3CC(CC(C(=O)OC(C)OCC4CCC(COC(C)C(C)(CC)CCC)CC4)(C3)C1)C2. The predicted molar refractivity (Wildman–Crippen MR) is 170 cm³/mol. The molecule has 0 saturated heterocycles. The van der Waals surface area contributed by atoms with Crippen LogP contribution in [-0.2, 0) is 28.5 Å². The second kappa shape index (κ2) is 14.1. The average Bonchev–Trinajstić information content (AvgIpc) is 2.94. The summed E-state index contributed by atoms with van der Waals surface area (Å²) in [6.07, 6.45) is 14.8. The minimum absolute atomic E-state index is 0.0858. The van der Waals surface area contributed by atoms with Gasteiger partial charge in [0, 0.05) is 6.61 Å². The molecule has 6 nitrogen and oxygen atoms in total. The van der Waals surface area contributed by atoms with Gasteiger partial charge in [-0.2, -0.15) is 0 Å². The van der Waals surface area contributed by atoms with Crippen molar-refractivity contribution >= 4 is 11.9 Å². The molecule has 5 aliphatic rings. The van der Waals surface area contributed by atoms with E-state index in [0.717, 1.165) is 70.8 Å². The first kappa shape index (κ1) is 34.7. The number of carbonyl (C=O) groups is 2. The van der Waals surface area contributed by atoms with Crippen molar-refractivity contribution in [1.29, 1.82) is 0 Å². The highest BCUT2D eigenvalue weighted by Gasteiger charge is 2.64. The molecular formula is C37H64O6. The molecule has 43 heavy (non-hydrogen) atoms. The van der Waals surface area contributed by atoms with E-state index in [4.69, 9.17) is 18.9 Å². The number of esters is 2. The van der Waals surface area contributed by atoms with Crippen molar-refractivity contribution in [2.45, 2.75) is 170 Å². The first-order chi connectivity index (χ1) is 20.3. The van der Waals surface area contributed by atoms with E-state index in [2.05, 4.69) is 34.6 Å². The third-order valence-corrected chi connectivity index (χ3v) is 12.1. The lowest BCUT2D eigenvalue weighted by Gasteiger charge is -2.59. The van der Waals surface area contributed by atoms with Gasteiger partial charge in [-0.25, -0.2) is 0 Å². The maximum atomic E-state index is 13.7. The van der Waals surface area contributed by atoms with Gasteiger partial charge in [0.1, 0.15) is 5.60 Å². The second-order valence-corrected chi connectivity index (χ2v) is 16.3. The van der Waals surface area contributed by atoms with Crippen LogP contribution >= 0.6 is 0 Å². The molecule has 6 heteroatoms. The van der Waals surface area contributed by atoms with Gasteiger partial charge in [-0.1, -0.05) is 40.5 Å². The van der Waals surface area contributed by atoms with Gasteiger partial charge in [-0.15, -0.1) is 0 Å². The Labute approximate surface area is 263 Å². The fourth-order valence-corrected chi connectivity index (χ4v) is 9.62. The van der Waals surface area contributed by atoms with Gasteiger partial charge in [0.25, 0.3) is 0 Å². The van der Waals surface area contributed by atoms with Crippen molar-refractivity contribution < 1.29 is 28.5 Å². The number of rotatable bonds is 16. The lowest BCUT2D eigenvalue weighted by Crippen LogP contribution is -2.59. The molecule has 0 radical (unpaired) electrons. The van der Waals surface area contributed by atoms with E-state index in [9.17, 15) is 9.59 Å². The van der Waals surface area contributed by atoms with Gasteiger partial charge >= 0.3 is 11.9 Å². The normalized spacial score (nSPS) is 34.8. The van der Waals surface area contributed by atoms with Crippen LogP contribution < -0.4 is 0 Å². The quantitative estimate of drug-likeness (QED) is 0.129. The molecule has 248 valence electrons. The summed E-state index contributed by atoms with van der Waals surface area (Å²) in [7, 11) is 0. The fraction of sp³-hybridized carbons (Fsp3) is 0.946. The molecule has 0 spiro atoms. The van der Waals surface area contributed by atoms with E-state index in [-0.39, 0.29) is 23.5 Å². The van der Waals surface area contributed by atoms with Crippen molar-refractivity contribution in [3.8, 4) is 0 Å². The van der Waals surface area contributed by atoms with Gasteiger partial charge < -0.3 is 18.9 Å². The summed E-state index contributed by atoms with van der Waals surface area (Å²) in [4.78, 5) is 27.4. The highest BCUT2D eigenvalue weighted by molar-refractivity contribution is 5.83. The highest BCUT2D eigenvalue weighted by Crippen LogP contribution is 2.66. The monoisotopic (exact) mass is 604 g/mol. The minimum atomic E-state index is -0.574. The largest absolute Gasteiger partial charge is 0.459 e. The van der Waals surface area contributed by atoms with Crippen molar-refractivity contribution in [3.05, 3.63) is 0 Å². The first-order valence-electron chi connectivity index (χ1n) is 18.0. The third-order valence-electron chi connectivity index (χ3n) is 12.1. The fourth-order valence-electron chi connectivity index (χ4n) is 9.62. The van der Waals surface area contributed by atoms with Crippen LogP contribution in [-0.4, -0.2) is 43.1 Å². The van der Waals surface area contributed by atoms with E-state index in [1.807, 2.05) is 20.8 Å². The second-order valence-electron chi connectivity index (χ2n) is 16.3. The van der Waals surface area contributed by atoms with Gasteiger partial charge in [0.2, 0.25) is 0 Å².